The van der Waals surface area contributed by atoms with Crippen molar-refractivity contribution in [1.82, 2.24) is 4.90 Å². The fourth-order valence-corrected chi connectivity index (χ4v) is 4.74. The van der Waals surface area contributed by atoms with Crippen molar-refractivity contribution in [1.29, 1.82) is 0 Å². The summed E-state index contributed by atoms with van der Waals surface area (Å²) in [4.78, 5) is 15.9. The zero-order valence-electron chi connectivity index (χ0n) is 18.2. The van der Waals surface area contributed by atoms with Crippen LogP contribution >= 0.6 is 0 Å². The van der Waals surface area contributed by atoms with Gasteiger partial charge in [-0.25, -0.2) is 8.78 Å². The van der Waals surface area contributed by atoms with Crippen LogP contribution in [0.3, 0.4) is 0 Å². The fourth-order valence-electron chi connectivity index (χ4n) is 4.74. The lowest BCUT2D eigenvalue weighted by molar-refractivity contribution is 0.0666. The van der Waals surface area contributed by atoms with Crippen LogP contribution in [0.2, 0.25) is 0 Å². The van der Waals surface area contributed by atoms with E-state index in [-0.39, 0.29) is 18.5 Å². The van der Waals surface area contributed by atoms with Crippen molar-refractivity contribution in [3.8, 4) is 5.75 Å². The molecule has 0 heterocycles. The van der Waals surface area contributed by atoms with Gasteiger partial charge in [-0.15, -0.1) is 0 Å². The van der Waals surface area contributed by atoms with Crippen molar-refractivity contribution < 1.29 is 18.3 Å². The first kappa shape index (κ1) is 21.1. The average molecular weight is 443 g/mol. The minimum absolute atomic E-state index is 0.105. The highest BCUT2D eigenvalue weighted by molar-refractivity contribution is 6.09. The van der Waals surface area contributed by atoms with Crippen LogP contribution in [0.25, 0.3) is 10.8 Å². The number of carbonyl (C=O) groups excluding carboxylic acids is 1. The van der Waals surface area contributed by atoms with E-state index >= 15 is 0 Å². The van der Waals surface area contributed by atoms with Gasteiger partial charge >= 0.3 is 0 Å². The molecule has 0 fully saturated rings. The van der Waals surface area contributed by atoms with E-state index in [0.717, 1.165) is 22.9 Å². The van der Waals surface area contributed by atoms with E-state index in [1.54, 1.807) is 18.1 Å². The molecule has 0 saturated heterocycles. The van der Waals surface area contributed by atoms with Gasteiger partial charge < -0.3 is 9.64 Å². The Labute approximate surface area is 191 Å². The molecule has 0 saturated carbocycles. The predicted molar refractivity (Wildman–Crippen MR) is 124 cm³/mol. The normalized spacial score (nSPS) is 13.2. The smallest absolute Gasteiger partial charge is 0.258 e. The second-order valence-electron chi connectivity index (χ2n) is 8.38. The first-order chi connectivity index (χ1) is 16.0. The third-order valence-corrected chi connectivity index (χ3v) is 6.39. The highest BCUT2D eigenvalue weighted by Gasteiger charge is 2.32. The Kier molecular flexibility index (Phi) is 5.55. The molecule has 0 bridgehead atoms. The van der Waals surface area contributed by atoms with Crippen LogP contribution in [-0.2, 0) is 19.4 Å². The number of hydrogen-bond acceptors (Lipinski definition) is 2. The summed E-state index contributed by atoms with van der Waals surface area (Å²) in [5.41, 5.74) is 3.43. The molecular formula is C28H23F2NO2. The van der Waals surface area contributed by atoms with Crippen LogP contribution in [0.1, 0.15) is 27.0 Å². The molecule has 3 nitrogen and oxygen atoms in total. The predicted octanol–water partition coefficient (Wildman–Crippen LogP) is 5.94. The van der Waals surface area contributed by atoms with E-state index < -0.39 is 11.6 Å². The number of methoxy groups -OCH3 is 1. The topological polar surface area (TPSA) is 29.5 Å². The molecule has 0 aromatic heterocycles. The van der Waals surface area contributed by atoms with Gasteiger partial charge in [-0.3, -0.25) is 4.79 Å². The monoisotopic (exact) mass is 443 g/mol. The Morgan fingerprint density at radius 3 is 2.30 bits per heavy atom. The zero-order chi connectivity index (χ0) is 22.9. The molecule has 33 heavy (non-hydrogen) atoms. The summed E-state index contributed by atoms with van der Waals surface area (Å²) in [7, 11) is 1.55. The number of rotatable bonds is 5. The molecule has 1 amide bonds. The number of ether oxygens (including phenoxy) is 1. The summed E-state index contributed by atoms with van der Waals surface area (Å²) in [6, 6.07) is 23.3. The van der Waals surface area contributed by atoms with Gasteiger partial charge in [0.2, 0.25) is 0 Å². The maximum atomic E-state index is 14.1. The molecule has 0 aliphatic heterocycles. The number of halogens is 2. The van der Waals surface area contributed by atoms with Gasteiger partial charge in [-0.1, -0.05) is 60.7 Å². The van der Waals surface area contributed by atoms with Gasteiger partial charge in [0.25, 0.3) is 5.91 Å². The Balaban J connectivity index is 1.59. The lowest BCUT2D eigenvalue weighted by Crippen LogP contribution is -2.40. The van der Waals surface area contributed by atoms with Gasteiger partial charge in [0.15, 0.2) is 11.6 Å². The van der Waals surface area contributed by atoms with Crippen molar-refractivity contribution in [2.45, 2.75) is 25.4 Å². The maximum Gasteiger partial charge on any atom is 0.258 e. The summed E-state index contributed by atoms with van der Waals surface area (Å²) in [5.74, 6) is -1.52. The SMILES string of the molecule is COc1ccc2ccccc2c1C(=O)N(Cc1ccc(F)c(F)c1)C1Cc2ccccc2C1. The molecule has 0 spiro atoms. The number of carbonyl (C=O) groups is 1. The van der Waals surface area contributed by atoms with Gasteiger partial charge in [0.1, 0.15) is 5.75 Å². The molecule has 0 N–H and O–H groups in total. The van der Waals surface area contributed by atoms with E-state index in [1.807, 2.05) is 42.5 Å². The van der Waals surface area contributed by atoms with Crippen molar-refractivity contribution in [2.75, 3.05) is 7.11 Å². The molecule has 1 aliphatic carbocycles. The second-order valence-corrected chi connectivity index (χ2v) is 8.38. The zero-order valence-corrected chi connectivity index (χ0v) is 18.2. The van der Waals surface area contributed by atoms with Crippen LogP contribution in [0, 0.1) is 11.6 Å². The van der Waals surface area contributed by atoms with E-state index in [1.165, 1.54) is 17.2 Å². The molecule has 0 unspecified atom stereocenters. The standard InChI is InChI=1S/C28H23F2NO2/c1-33-26-13-11-19-6-4-5-9-23(19)27(26)28(32)31(17-18-10-12-24(29)25(30)14-18)22-15-20-7-2-3-8-21(20)16-22/h2-14,22H,15-17H2,1H3. The molecular weight excluding hydrogens is 420 g/mol. The lowest BCUT2D eigenvalue weighted by atomic mass is 10.0. The van der Waals surface area contributed by atoms with Crippen LogP contribution in [0.4, 0.5) is 8.78 Å². The van der Waals surface area contributed by atoms with Crippen molar-refractivity contribution >= 4 is 16.7 Å². The summed E-state index contributed by atoms with van der Waals surface area (Å²) < 4.78 is 33.1. The summed E-state index contributed by atoms with van der Waals surface area (Å²) in [6.07, 6.45) is 1.41. The lowest BCUT2D eigenvalue weighted by Gasteiger charge is -2.30. The van der Waals surface area contributed by atoms with Crippen LogP contribution in [-0.4, -0.2) is 24.0 Å². The van der Waals surface area contributed by atoms with Crippen LogP contribution in [0.15, 0.2) is 78.9 Å². The summed E-state index contributed by atoms with van der Waals surface area (Å²) >= 11 is 0. The molecule has 4 aromatic rings. The van der Waals surface area contributed by atoms with Gasteiger partial charge in [0, 0.05) is 12.6 Å². The van der Waals surface area contributed by atoms with Crippen LogP contribution in [0.5, 0.6) is 5.75 Å². The van der Waals surface area contributed by atoms with Gasteiger partial charge in [-0.2, -0.15) is 0 Å². The number of benzene rings is 4. The largest absolute Gasteiger partial charge is 0.496 e. The number of nitrogens with zero attached hydrogens (tertiary/aromatic N) is 1. The maximum absolute atomic E-state index is 14.1. The first-order valence-electron chi connectivity index (χ1n) is 10.9. The van der Waals surface area contributed by atoms with E-state index in [0.29, 0.717) is 29.7 Å². The second kappa shape index (κ2) is 8.66. The minimum atomic E-state index is -0.919. The quantitative estimate of drug-likeness (QED) is 0.382. The molecule has 0 radical (unpaired) electrons. The molecule has 1 aliphatic rings. The molecule has 5 rings (SSSR count). The van der Waals surface area contributed by atoms with Gasteiger partial charge in [0.05, 0.1) is 12.7 Å². The molecule has 166 valence electrons. The number of hydrogen-bond donors (Lipinski definition) is 0. The third kappa shape index (κ3) is 3.95. The summed E-state index contributed by atoms with van der Waals surface area (Å²) in [6.45, 7) is 0.168. The van der Waals surface area contributed by atoms with Crippen molar-refractivity contribution in [3.63, 3.8) is 0 Å². The number of amides is 1. The average Bonchev–Trinajstić information content (AvgIpc) is 3.27. The third-order valence-electron chi connectivity index (χ3n) is 6.39. The molecule has 5 heteroatoms. The van der Waals surface area contributed by atoms with E-state index in [9.17, 15) is 13.6 Å². The Hall–Kier alpha value is -3.73. The number of fused-ring (bicyclic) bond motifs is 2. The van der Waals surface area contributed by atoms with E-state index in [2.05, 4.69) is 12.1 Å². The first-order valence-corrected chi connectivity index (χ1v) is 10.9. The van der Waals surface area contributed by atoms with Gasteiger partial charge in [-0.05, 0) is 58.5 Å². The van der Waals surface area contributed by atoms with E-state index in [4.69, 9.17) is 4.74 Å². The Morgan fingerprint density at radius 1 is 0.909 bits per heavy atom. The fraction of sp³-hybridized carbons (Fsp3) is 0.179. The highest BCUT2D eigenvalue weighted by atomic mass is 19.2. The summed E-state index contributed by atoms with van der Waals surface area (Å²) in [5, 5.41) is 1.73. The van der Waals surface area contributed by atoms with Crippen molar-refractivity contribution in [3.05, 3.63) is 113 Å². The van der Waals surface area contributed by atoms with Crippen molar-refractivity contribution in [2.24, 2.45) is 0 Å². The Morgan fingerprint density at radius 2 is 1.61 bits per heavy atom. The van der Waals surface area contributed by atoms with Crippen LogP contribution < -0.4 is 4.74 Å². The Bertz CT molecular complexity index is 1330. The highest BCUT2D eigenvalue weighted by Crippen LogP contribution is 2.33. The molecule has 4 aromatic carbocycles. The minimum Gasteiger partial charge on any atom is -0.496 e. The molecule has 0 atom stereocenters.